The smallest absolute Gasteiger partial charge is 0.236 e. The van der Waals surface area contributed by atoms with Crippen LogP contribution in [0.25, 0.3) is 0 Å². The lowest BCUT2D eigenvalue weighted by Crippen LogP contribution is -2.44. The van der Waals surface area contributed by atoms with Gasteiger partial charge in [-0.3, -0.25) is 9.69 Å². The van der Waals surface area contributed by atoms with Gasteiger partial charge in [-0.2, -0.15) is 0 Å². The lowest BCUT2D eigenvalue weighted by molar-refractivity contribution is -0.132. The van der Waals surface area contributed by atoms with Crippen molar-refractivity contribution in [3.8, 4) is 0 Å². The molecule has 1 heterocycles. The Morgan fingerprint density at radius 3 is 2.56 bits per heavy atom. The van der Waals surface area contributed by atoms with Gasteiger partial charge in [-0.15, -0.1) is 0 Å². The van der Waals surface area contributed by atoms with Crippen LogP contribution in [0.1, 0.15) is 6.42 Å². The average molecular weight is 277 g/mol. The van der Waals surface area contributed by atoms with E-state index in [1.165, 1.54) is 0 Å². The van der Waals surface area contributed by atoms with Crippen LogP contribution >= 0.6 is 0 Å². The molecule has 7 heteroatoms. The normalized spacial score (nSPS) is 22.3. The lowest BCUT2D eigenvalue weighted by Gasteiger charge is -2.26. The van der Waals surface area contributed by atoms with E-state index >= 15 is 0 Å². The Hall–Kier alpha value is -0.660. The fraction of sp³-hybridized carbons (Fsp3) is 0.909. The van der Waals surface area contributed by atoms with Gasteiger partial charge in [0.25, 0.3) is 0 Å². The first-order chi connectivity index (χ1) is 8.35. The van der Waals surface area contributed by atoms with Crippen LogP contribution in [0.2, 0.25) is 0 Å². The second kappa shape index (κ2) is 6.49. The number of nitrogens with zero attached hydrogens (tertiary/aromatic N) is 2. The maximum absolute atomic E-state index is 12.0. The van der Waals surface area contributed by atoms with E-state index in [1.807, 2.05) is 19.0 Å². The summed E-state index contributed by atoms with van der Waals surface area (Å²) in [5.41, 5.74) is 0. The van der Waals surface area contributed by atoms with E-state index in [0.29, 0.717) is 13.0 Å². The molecule has 0 aromatic heterocycles. The van der Waals surface area contributed by atoms with Gasteiger partial charge in [-0.05, 0) is 20.5 Å². The van der Waals surface area contributed by atoms with Gasteiger partial charge in [0.1, 0.15) is 0 Å². The molecule has 6 nitrogen and oxygen atoms in total. The van der Waals surface area contributed by atoms with E-state index < -0.39 is 9.84 Å². The molecule has 1 amide bonds. The molecule has 0 bridgehead atoms. The number of carbonyl (C=O) groups excluding carboxylic acids is 1. The van der Waals surface area contributed by atoms with Crippen molar-refractivity contribution in [1.82, 2.24) is 15.1 Å². The number of carbonyl (C=O) groups is 1. The molecular formula is C11H23N3O3S. The zero-order chi connectivity index (χ0) is 13.8. The van der Waals surface area contributed by atoms with E-state index in [0.717, 1.165) is 13.1 Å². The molecule has 1 fully saturated rings. The summed E-state index contributed by atoms with van der Waals surface area (Å²) in [6, 6.07) is -0.153. The predicted molar refractivity (Wildman–Crippen MR) is 71.3 cm³/mol. The first kappa shape index (κ1) is 15.4. The Labute approximate surface area is 109 Å². The first-order valence-electron chi connectivity index (χ1n) is 6.15. The monoisotopic (exact) mass is 277 g/mol. The molecular weight excluding hydrogens is 254 g/mol. The van der Waals surface area contributed by atoms with Gasteiger partial charge in [-0.1, -0.05) is 0 Å². The second-order valence-corrected chi connectivity index (χ2v) is 7.13. The van der Waals surface area contributed by atoms with Gasteiger partial charge in [0.05, 0.1) is 18.1 Å². The summed E-state index contributed by atoms with van der Waals surface area (Å²) >= 11 is 0. The Bertz CT molecular complexity index is 383. The highest BCUT2D eigenvalue weighted by Gasteiger charge is 2.32. The lowest BCUT2D eigenvalue weighted by atomic mass is 10.2. The minimum atomic E-state index is -2.93. The van der Waals surface area contributed by atoms with Gasteiger partial charge in [0.2, 0.25) is 5.91 Å². The van der Waals surface area contributed by atoms with Crippen LogP contribution in [-0.4, -0.2) is 82.4 Å². The Kier molecular flexibility index (Phi) is 5.55. The van der Waals surface area contributed by atoms with Crippen molar-refractivity contribution in [2.75, 3.05) is 52.3 Å². The minimum absolute atomic E-state index is 0.0179. The van der Waals surface area contributed by atoms with Crippen molar-refractivity contribution >= 4 is 15.7 Å². The molecule has 0 aliphatic carbocycles. The molecule has 0 aromatic carbocycles. The van der Waals surface area contributed by atoms with Crippen molar-refractivity contribution < 1.29 is 13.2 Å². The van der Waals surface area contributed by atoms with Crippen LogP contribution in [0.4, 0.5) is 0 Å². The molecule has 0 aromatic rings. The first-order valence-corrected chi connectivity index (χ1v) is 7.97. The molecule has 1 unspecified atom stereocenters. The van der Waals surface area contributed by atoms with E-state index in [-0.39, 0.29) is 23.5 Å². The summed E-state index contributed by atoms with van der Waals surface area (Å²) in [5, 5.41) is 3.02. The van der Waals surface area contributed by atoms with Crippen molar-refractivity contribution in [3.05, 3.63) is 0 Å². The second-order valence-electron chi connectivity index (χ2n) is 4.90. The summed E-state index contributed by atoms with van der Waals surface area (Å²) in [5.74, 6) is 0.288. The predicted octanol–water partition coefficient (Wildman–Crippen LogP) is -1.22. The van der Waals surface area contributed by atoms with Gasteiger partial charge < -0.3 is 10.2 Å². The molecule has 0 saturated carbocycles. The van der Waals surface area contributed by atoms with Crippen LogP contribution < -0.4 is 5.32 Å². The molecule has 1 N–H and O–H groups in total. The maximum Gasteiger partial charge on any atom is 0.236 e. The third-order valence-corrected chi connectivity index (χ3v) is 5.05. The van der Waals surface area contributed by atoms with Gasteiger partial charge in [-0.25, -0.2) is 8.42 Å². The standard InChI is InChI=1S/C11H23N3O3S/c1-12-5-6-13(2)8-11(15)14(3)10-4-7-18(16,17)9-10/h10,12H,4-9H2,1-3H3. The van der Waals surface area contributed by atoms with Gasteiger partial charge in [0, 0.05) is 26.2 Å². The summed E-state index contributed by atoms with van der Waals surface area (Å²) in [6.45, 7) is 1.94. The molecule has 0 radical (unpaired) electrons. The largest absolute Gasteiger partial charge is 0.341 e. The highest BCUT2D eigenvalue weighted by atomic mass is 32.2. The molecule has 1 aliphatic rings. The summed E-state index contributed by atoms with van der Waals surface area (Å²) < 4.78 is 22.7. The fourth-order valence-corrected chi connectivity index (χ4v) is 3.78. The van der Waals surface area contributed by atoms with Crippen LogP contribution in [0, 0.1) is 0 Å². The molecule has 1 aliphatic heterocycles. The van der Waals surface area contributed by atoms with E-state index in [9.17, 15) is 13.2 Å². The van der Waals surface area contributed by atoms with Crippen molar-refractivity contribution in [1.29, 1.82) is 0 Å². The quantitative estimate of drug-likeness (QED) is 0.659. The van der Waals surface area contributed by atoms with Crippen LogP contribution in [-0.2, 0) is 14.6 Å². The fourth-order valence-electron chi connectivity index (χ4n) is 2.01. The zero-order valence-electron chi connectivity index (χ0n) is 11.3. The van der Waals surface area contributed by atoms with E-state index in [4.69, 9.17) is 0 Å². The van der Waals surface area contributed by atoms with Gasteiger partial charge >= 0.3 is 0 Å². The number of hydrogen-bond acceptors (Lipinski definition) is 5. The molecule has 1 saturated heterocycles. The van der Waals surface area contributed by atoms with Crippen molar-refractivity contribution in [2.45, 2.75) is 12.5 Å². The Morgan fingerprint density at radius 2 is 2.06 bits per heavy atom. The van der Waals surface area contributed by atoms with Crippen molar-refractivity contribution in [2.24, 2.45) is 0 Å². The molecule has 0 spiro atoms. The highest BCUT2D eigenvalue weighted by molar-refractivity contribution is 7.91. The summed E-state index contributed by atoms with van der Waals surface area (Å²) in [4.78, 5) is 15.5. The van der Waals surface area contributed by atoms with E-state index in [1.54, 1.807) is 11.9 Å². The number of likely N-dealkylation sites (N-methyl/N-ethyl adjacent to an activating group) is 3. The van der Waals surface area contributed by atoms with Crippen LogP contribution in [0.3, 0.4) is 0 Å². The van der Waals surface area contributed by atoms with Gasteiger partial charge in [0.15, 0.2) is 9.84 Å². The van der Waals surface area contributed by atoms with Crippen molar-refractivity contribution in [3.63, 3.8) is 0 Å². The number of amides is 1. The SMILES string of the molecule is CNCCN(C)CC(=O)N(C)C1CCS(=O)(=O)C1. The molecule has 1 atom stereocenters. The number of hydrogen-bond donors (Lipinski definition) is 1. The minimum Gasteiger partial charge on any atom is -0.341 e. The third-order valence-electron chi connectivity index (χ3n) is 3.30. The zero-order valence-corrected chi connectivity index (χ0v) is 12.2. The molecule has 18 heavy (non-hydrogen) atoms. The highest BCUT2D eigenvalue weighted by Crippen LogP contribution is 2.16. The Morgan fingerprint density at radius 1 is 1.39 bits per heavy atom. The van der Waals surface area contributed by atoms with E-state index in [2.05, 4.69) is 5.32 Å². The molecule has 106 valence electrons. The number of sulfone groups is 1. The average Bonchev–Trinajstić information content (AvgIpc) is 2.65. The van der Waals surface area contributed by atoms with Crippen LogP contribution in [0.15, 0.2) is 0 Å². The summed E-state index contributed by atoms with van der Waals surface area (Å²) in [7, 11) is 2.51. The van der Waals surface area contributed by atoms with Crippen LogP contribution in [0.5, 0.6) is 0 Å². The molecule has 1 rings (SSSR count). The number of nitrogens with one attached hydrogen (secondary N) is 1. The third kappa shape index (κ3) is 4.55. The maximum atomic E-state index is 12.0. The number of rotatable bonds is 6. The topological polar surface area (TPSA) is 69.7 Å². The summed E-state index contributed by atoms with van der Waals surface area (Å²) in [6.07, 6.45) is 0.560. The Balaban J connectivity index is 2.42.